The van der Waals surface area contributed by atoms with Crippen LogP contribution in [0.15, 0.2) is 73.3 Å². The SMILES string of the molecule is C=CCNC(C)C(c1ccccc1)c1ccccc1. The molecule has 1 unspecified atom stereocenters. The molecule has 0 radical (unpaired) electrons. The Morgan fingerprint density at radius 1 is 0.947 bits per heavy atom. The summed E-state index contributed by atoms with van der Waals surface area (Å²) in [6, 6.07) is 21.7. The first-order valence-corrected chi connectivity index (χ1v) is 6.77. The minimum Gasteiger partial charge on any atom is -0.310 e. The van der Waals surface area contributed by atoms with Gasteiger partial charge in [-0.2, -0.15) is 0 Å². The molecule has 1 atom stereocenters. The van der Waals surface area contributed by atoms with E-state index in [0.29, 0.717) is 12.0 Å². The van der Waals surface area contributed by atoms with Gasteiger partial charge in [0, 0.05) is 18.5 Å². The Hall–Kier alpha value is -1.86. The molecular formula is C18H21N. The molecule has 1 nitrogen and oxygen atoms in total. The van der Waals surface area contributed by atoms with Crippen molar-refractivity contribution < 1.29 is 0 Å². The second-order valence-corrected chi connectivity index (χ2v) is 4.78. The van der Waals surface area contributed by atoms with Crippen molar-refractivity contribution in [2.45, 2.75) is 18.9 Å². The van der Waals surface area contributed by atoms with Crippen molar-refractivity contribution in [1.29, 1.82) is 0 Å². The minimum absolute atomic E-state index is 0.363. The normalized spacial score (nSPS) is 12.3. The van der Waals surface area contributed by atoms with E-state index in [1.807, 2.05) is 6.08 Å². The highest BCUT2D eigenvalue weighted by atomic mass is 14.9. The molecule has 0 bridgehead atoms. The lowest BCUT2D eigenvalue weighted by Gasteiger charge is -2.25. The lowest BCUT2D eigenvalue weighted by atomic mass is 9.86. The van der Waals surface area contributed by atoms with E-state index in [-0.39, 0.29) is 0 Å². The van der Waals surface area contributed by atoms with Crippen molar-refractivity contribution >= 4 is 0 Å². The molecule has 0 amide bonds. The molecule has 0 aliphatic carbocycles. The zero-order valence-electron chi connectivity index (χ0n) is 11.4. The summed E-state index contributed by atoms with van der Waals surface area (Å²) < 4.78 is 0. The number of hydrogen-bond donors (Lipinski definition) is 1. The van der Waals surface area contributed by atoms with Crippen molar-refractivity contribution in [3.05, 3.63) is 84.4 Å². The zero-order valence-corrected chi connectivity index (χ0v) is 11.4. The molecule has 2 aromatic carbocycles. The highest BCUT2D eigenvalue weighted by Gasteiger charge is 2.20. The molecule has 0 saturated heterocycles. The molecule has 0 heterocycles. The van der Waals surface area contributed by atoms with Gasteiger partial charge in [-0.05, 0) is 18.1 Å². The molecular weight excluding hydrogens is 230 g/mol. The number of rotatable bonds is 6. The van der Waals surface area contributed by atoms with Crippen LogP contribution in [0.4, 0.5) is 0 Å². The van der Waals surface area contributed by atoms with Crippen LogP contribution in [-0.4, -0.2) is 12.6 Å². The van der Waals surface area contributed by atoms with Crippen LogP contribution in [0.5, 0.6) is 0 Å². The maximum Gasteiger partial charge on any atom is 0.0240 e. The van der Waals surface area contributed by atoms with Gasteiger partial charge in [-0.3, -0.25) is 0 Å². The summed E-state index contributed by atoms with van der Waals surface area (Å²) in [6.07, 6.45) is 1.91. The monoisotopic (exact) mass is 251 g/mol. The Bertz CT molecular complexity index is 450. The fourth-order valence-electron chi connectivity index (χ4n) is 2.48. The Kier molecular flexibility index (Phi) is 4.93. The van der Waals surface area contributed by atoms with Gasteiger partial charge in [-0.1, -0.05) is 66.7 Å². The van der Waals surface area contributed by atoms with Gasteiger partial charge >= 0.3 is 0 Å². The van der Waals surface area contributed by atoms with Crippen molar-refractivity contribution in [3.63, 3.8) is 0 Å². The van der Waals surface area contributed by atoms with E-state index in [9.17, 15) is 0 Å². The summed E-state index contributed by atoms with van der Waals surface area (Å²) in [4.78, 5) is 0. The maximum atomic E-state index is 3.77. The van der Waals surface area contributed by atoms with Gasteiger partial charge in [0.1, 0.15) is 0 Å². The Labute approximate surface area is 116 Å². The van der Waals surface area contributed by atoms with Crippen molar-refractivity contribution in [2.75, 3.05) is 6.54 Å². The van der Waals surface area contributed by atoms with Gasteiger partial charge in [-0.15, -0.1) is 6.58 Å². The minimum atomic E-state index is 0.363. The highest BCUT2D eigenvalue weighted by Crippen LogP contribution is 2.27. The molecule has 0 aliphatic rings. The summed E-state index contributed by atoms with van der Waals surface area (Å²) in [5, 5.41) is 3.51. The van der Waals surface area contributed by atoms with Crippen molar-refractivity contribution in [1.82, 2.24) is 5.32 Å². The third kappa shape index (κ3) is 3.55. The predicted molar refractivity (Wildman–Crippen MR) is 82.4 cm³/mol. The molecule has 1 N–H and O–H groups in total. The molecule has 0 spiro atoms. The summed E-state index contributed by atoms with van der Waals surface area (Å²) >= 11 is 0. The lowest BCUT2D eigenvalue weighted by molar-refractivity contribution is 0.526. The van der Waals surface area contributed by atoms with Crippen LogP contribution in [0, 0.1) is 0 Å². The first-order chi connectivity index (χ1) is 9.33. The Morgan fingerprint density at radius 3 is 1.84 bits per heavy atom. The third-order valence-electron chi connectivity index (χ3n) is 3.40. The van der Waals surface area contributed by atoms with Crippen LogP contribution in [-0.2, 0) is 0 Å². The van der Waals surface area contributed by atoms with E-state index in [0.717, 1.165) is 6.54 Å². The third-order valence-corrected chi connectivity index (χ3v) is 3.40. The largest absolute Gasteiger partial charge is 0.310 e. The van der Waals surface area contributed by atoms with E-state index in [1.54, 1.807) is 0 Å². The van der Waals surface area contributed by atoms with Crippen LogP contribution in [0.2, 0.25) is 0 Å². The van der Waals surface area contributed by atoms with Crippen LogP contribution in [0.3, 0.4) is 0 Å². The summed E-state index contributed by atoms with van der Waals surface area (Å²) in [5.41, 5.74) is 2.69. The highest BCUT2D eigenvalue weighted by molar-refractivity contribution is 5.34. The van der Waals surface area contributed by atoms with Crippen molar-refractivity contribution in [3.8, 4) is 0 Å². The van der Waals surface area contributed by atoms with E-state index in [2.05, 4.69) is 79.5 Å². The average molecular weight is 251 g/mol. The molecule has 1 heteroatoms. The standard InChI is InChI=1S/C18H21N/c1-3-14-19-15(2)18(16-10-6-4-7-11-16)17-12-8-5-9-13-17/h3-13,15,18-19H,1,14H2,2H3. The second-order valence-electron chi connectivity index (χ2n) is 4.78. The van der Waals surface area contributed by atoms with Gasteiger partial charge < -0.3 is 5.32 Å². The van der Waals surface area contributed by atoms with Crippen LogP contribution in [0.25, 0.3) is 0 Å². The summed E-state index contributed by atoms with van der Waals surface area (Å²) in [6.45, 7) is 6.84. The van der Waals surface area contributed by atoms with Crippen LogP contribution < -0.4 is 5.32 Å². The smallest absolute Gasteiger partial charge is 0.0240 e. The fourth-order valence-corrected chi connectivity index (χ4v) is 2.48. The predicted octanol–water partition coefficient (Wildman–Crippen LogP) is 3.98. The van der Waals surface area contributed by atoms with E-state index >= 15 is 0 Å². The first-order valence-electron chi connectivity index (χ1n) is 6.77. The van der Waals surface area contributed by atoms with Crippen LogP contribution >= 0.6 is 0 Å². The van der Waals surface area contributed by atoms with Gasteiger partial charge in [0.05, 0.1) is 0 Å². The average Bonchev–Trinajstić information content (AvgIpc) is 2.47. The van der Waals surface area contributed by atoms with E-state index < -0.39 is 0 Å². The second kappa shape index (κ2) is 6.91. The number of benzene rings is 2. The quantitative estimate of drug-likeness (QED) is 0.766. The first kappa shape index (κ1) is 13.6. The van der Waals surface area contributed by atoms with Gasteiger partial charge in [-0.25, -0.2) is 0 Å². The van der Waals surface area contributed by atoms with Crippen molar-refractivity contribution in [2.24, 2.45) is 0 Å². The molecule has 0 aliphatic heterocycles. The van der Waals surface area contributed by atoms with E-state index in [1.165, 1.54) is 11.1 Å². The van der Waals surface area contributed by atoms with Gasteiger partial charge in [0.2, 0.25) is 0 Å². The van der Waals surface area contributed by atoms with Crippen LogP contribution in [0.1, 0.15) is 24.0 Å². The van der Waals surface area contributed by atoms with Gasteiger partial charge in [0.15, 0.2) is 0 Å². The fraction of sp³-hybridized carbons (Fsp3) is 0.222. The molecule has 2 rings (SSSR count). The molecule has 0 aromatic heterocycles. The Morgan fingerprint density at radius 2 is 1.42 bits per heavy atom. The number of nitrogens with one attached hydrogen (secondary N) is 1. The lowest BCUT2D eigenvalue weighted by Crippen LogP contribution is -2.32. The maximum absolute atomic E-state index is 3.77. The topological polar surface area (TPSA) is 12.0 Å². The molecule has 2 aromatic rings. The Balaban J connectivity index is 2.31. The zero-order chi connectivity index (χ0) is 13.5. The van der Waals surface area contributed by atoms with Gasteiger partial charge in [0.25, 0.3) is 0 Å². The number of hydrogen-bond acceptors (Lipinski definition) is 1. The van der Waals surface area contributed by atoms with E-state index in [4.69, 9.17) is 0 Å². The summed E-state index contributed by atoms with van der Waals surface area (Å²) in [7, 11) is 0. The molecule has 0 fully saturated rings. The summed E-state index contributed by atoms with van der Waals surface area (Å²) in [5.74, 6) is 0.363. The molecule has 19 heavy (non-hydrogen) atoms. The molecule has 98 valence electrons. The molecule has 0 saturated carbocycles.